The van der Waals surface area contributed by atoms with Crippen LogP contribution in [-0.4, -0.2) is 46.3 Å². The van der Waals surface area contributed by atoms with Crippen molar-refractivity contribution in [1.82, 2.24) is 15.5 Å². The Morgan fingerprint density at radius 2 is 1.54 bits per heavy atom. The number of aliphatic carboxylic acids is 1. The number of piperidine rings is 1. The molecule has 5 rings (SSSR count). The number of carbonyl (C=O) groups is 2. The number of aromatic nitrogens is 2. The van der Waals surface area contributed by atoms with Gasteiger partial charge in [-0.25, -0.2) is 4.79 Å². The first-order valence-corrected chi connectivity index (χ1v) is 14.1. The minimum atomic E-state index is -1.09. The van der Waals surface area contributed by atoms with E-state index in [1.807, 2.05) is 48.5 Å². The number of hydrogen-bond donors (Lipinski definition) is 2. The number of anilines is 1. The summed E-state index contributed by atoms with van der Waals surface area (Å²) >= 11 is 0. The molecule has 41 heavy (non-hydrogen) atoms. The van der Waals surface area contributed by atoms with Crippen LogP contribution in [-0.2, 0) is 16.6 Å². The zero-order chi connectivity index (χ0) is 29.0. The van der Waals surface area contributed by atoms with Gasteiger partial charge in [0.1, 0.15) is 6.04 Å². The highest BCUT2D eigenvalue weighted by Crippen LogP contribution is 2.27. The predicted molar refractivity (Wildman–Crippen MR) is 159 cm³/mol. The summed E-state index contributed by atoms with van der Waals surface area (Å²) in [5, 5.41) is 16.6. The molecule has 1 atom stereocenters. The van der Waals surface area contributed by atoms with E-state index in [9.17, 15) is 14.7 Å². The quantitative estimate of drug-likeness (QED) is 0.271. The number of carboxylic acids is 1. The number of nitrogens with zero attached hydrogens (tertiary/aromatic N) is 3. The standard InChI is InChI=1S/C33H36N4O4/c1-33(2,3)26-15-11-24(12-16-26)30(38)34-28(32(39)40)21-22-7-9-23(10-8-22)29-35-31(41-36-29)25-13-17-27(18-14-25)37-19-5-4-6-20-37/h7-18,28H,4-6,19-21H2,1-3H3,(H,34,38)(H,39,40)/t28-/m0/s1. The first-order valence-electron chi connectivity index (χ1n) is 14.1. The van der Waals surface area contributed by atoms with Crippen LogP contribution in [0.5, 0.6) is 0 Å². The van der Waals surface area contributed by atoms with E-state index in [2.05, 4.69) is 53.3 Å². The van der Waals surface area contributed by atoms with Gasteiger partial charge < -0.3 is 19.8 Å². The van der Waals surface area contributed by atoms with Crippen LogP contribution in [0.25, 0.3) is 22.8 Å². The maximum atomic E-state index is 12.8. The second-order valence-electron chi connectivity index (χ2n) is 11.6. The number of hydrogen-bond acceptors (Lipinski definition) is 6. The molecule has 1 saturated heterocycles. The van der Waals surface area contributed by atoms with Crippen LogP contribution in [0, 0.1) is 0 Å². The Morgan fingerprint density at radius 3 is 2.15 bits per heavy atom. The number of nitrogens with one attached hydrogen (secondary N) is 1. The summed E-state index contributed by atoms with van der Waals surface area (Å²) in [5.41, 5.74) is 5.07. The Labute approximate surface area is 240 Å². The van der Waals surface area contributed by atoms with Crippen molar-refractivity contribution in [3.05, 3.63) is 89.5 Å². The van der Waals surface area contributed by atoms with E-state index in [0.29, 0.717) is 17.3 Å². The van der Waals surface area contributed by atoms with Gasteiger partial charge in [-0.05, 0) is 72.2 Å². The van der Waals surface area contributed by atoms with Gasteiger partial charge in [0.2, 0.25) is 5.82 Å². The van der Waals surface area contributed by atoms with Gasteiger partial charge in [0.05, 0.1) is 0 Å². The van der Waals surface area contributed by atoms with Crippen LogP contribution in [0.15, 0.2) is 77.3 Å². The SMILES string of the molecule is CC(C)(C)c1ccc(C(=O)N[C@@H](Cc2ccc(-c3noc(-c4ccc(N5CCCCC5)cc4)n3)cc2)C(=O)O)cc1. The Kier molecular flexibility index (Phi) is 8.19. The maximum absolute atomic E-state index is 12.8. The third-order valence-corrected chi connectivity index (χ3v) is 7.53. The fourth-order valence-electron chi connectivity index (χ4n) is 5.01. The molecule has 2 N–H and O–H groups in total. The molecular weight excluding hydrogens is 516 g/mol. The molecule has 4 aromatic rings. The Bertz CT molecular complexity index is 1480. The normalized spacial score (nSPS) is 14.5. The monoisotopic (exact) mass is 552 g/mol. The van der Waals surface area contributed by atoms with Crippen LogP contribution in [0.3, 0.4) is 0 Å². The van der Waals surface area contributed by atoms with Crippen LogP contribution in [0.4, 0.5) is 5.69 Å². The van der Waals surface area contributed by atoms with Gasteiger partial charge in [0.25, 0.3) is 11.8 Å². The smallest absolute Gasteiger partial charge is 0.326 e. The lowest BCUT2D eigenvalue weighted by Gasteiger charge is -2.28. The Morgan fingerprint density at radius 1 is 0.902 bits per heavy atom. The first-order chi connectivity index (χ1) is 19.7. The Balaban J connectivity index is 1.22. The largest absolute Gasteiger partial charge is 0.480 e. The molecule has 0 unspecified atom stereocenters. The molecule has 1 aromatic heterocycles. The van der Waals surface area contributed by atoms with Crippen molar-refractivity contribution in [3.8, 4) is 22.8 Å². The van der Waals surface area contributed by atoms with Crippen molar-refractivity contribution in [3.63, 3.8) is 0 Å². The zero-order valence-corrected chi connectivity index (χ0v) is 23.8. The van der Waals surface area contributed by atoms with Crippen LogP contribution in [0.2, 0.25) is 0 Å². The molecular formula is C33H36N4O4. The van der Waals surface area contributed by atoms with Crippen LogP contribution < -0.4 is 10.2 Å². The van der Waals surface area contributed by atoms with Crippen molar-refractivity contribution < 1.29 is 19.2 Å². The van der Waals surface area contributed by atoms with Crippen molar-refractivity contribution in [2.75, 3.05) is 18.0 Å². The molecule has 0 radical (unpaired) electrons. The highest BCUT2D eigenvalue weighted by Gasteiger charge is 2.22. The van der Waals surface area contributed by atoms with Gasteiger partial charge in [0, 0.05) is 41.9 Å². The lowest BCUT2D eigenvalue weighted by atomic mass is 9.86. The number of benzene rings is 3. The van der Waals surface area contributed by atoms with E-state index in [1.165, 1.54) is 24.9 Å². The lowest BCUT2D eigenvalue weighted by Crippen LogP contribution is -2.42. The van der Waals surface area contributed by atoms with E-state index >= 15 is 0 Å². The van der Waals surface area contributed by atoms with E-state index in [1.54, 1.807) is 12.1 Å². The van der Waals surface area contributed by atoms with E-state index in [0.717, 1.165) is 35.3 Å². The molecule has 1 aliphatic heterocycles. The van der Waals surface area contributed by atoms with Gasteiger partial charge in [-0.2, -0.15) is 4.98 Å². The average Bonchev–Trinajstić information content (AvgIpc) is 3.48. The summed E-state index contributed by atoms with van der Waals surface area (Å²) in [6, 6.07) is 21.7. The third kappa shape index (κ3) is 6.82. The molecule has 1 fully saturated rings. The summed E-state index contributed by atoms with van der Waals surface area (Å²) in [6.45, 7) is 8.47. The summed E-state index contributed by atoms with van der Waals surface area (Å²) in [5.74, 6) is -0.618. The molecule has 1 aliphatic rings. The fraction of sp³-hybridized carbons (Fsp3) is 0.333. The average molecular weight is 553 g/mol. The van der Waals surface area contributed by atoms with Crippen LogP contribution in [0.1, 0.15) is 61.5 Å². The molecule has 0 spiro atoms. The van der Waals surface area contributed by atoms with E-state index in [4.69, 9.17) is 4.52 Å². The molecule has 1 amide bonds. The molecule has 0 bridgehead atoms. The van der Waals surface area contributed by atoms with Gasteiger partial charge >= 0.3 is 5.97 Å². The highest BCUT2D eigenvalue weighted by molar-refractivity contribution is 5.96. The zero-order valence-electron chi connectivity index (χ0n) is 23.8. The molecule has 0 aliphatic carbocycles. The summed E-state index contributed by atoms with van der Waals surface area (Å²) in [6.07, 6.45) is 3.89. The van der Waals surface area contributed by atoms with Gasteiger partial charge in [-0.3, -0.25) is 4.79 Å². The molecule has 212 valence electrons. The Hall–Kier alpha value is -4.46. The number of rotatable bonds is 8. The van der Waals surface area contributed by atoms with Gasteiger partial charge in [-0.1, -0.05) is 62.3 Å². The van der Waals surface area contributed by atoms with Crippen molar-refractivity contribution in [2.45, 2.75) is 57.9 Å². The van der Waals surface area contributed by atoms with Crippen LogP contribution >= 0.6 is 0 Å². The first kappa shape index (κ1) is 28.1. The van der Waals surface area contributed by atoms with E-state index in [-0.39, 0.29) is 11.8 Å². The molecule has 8 nitrogen and oxygen atoms in total. The third-order valence-electron chi connectivity index (χ3n) is 7.53. The topological polar surface area (TPSA) is 109 Å². The predicted octanol–water partition coefficient (Wildman–Crippen LogP) is 6.12. The molecule has 2 heterocycles. The van der Waals surface area contributed by atoms with Gasteiger partial charge in [-0.15, -0.1) is 0 Å². The van der Waals surface area contributed by atoms with E-state index < -0.39 is 17.9 Å². The lowest BCUT2D eigenvalue weighted by molar-refractivity contribution is -0.139. The second-order valence-corrected chi connectivity index (χ2v) is 11.6. The number of carboxylic acid groups (broad SMARTS) is 1. The second kappa shape index (κ2) is 12.0. The summed E-state index contributed by atoms with van der Waals surface area (Å²) < 4.78 is 5.53. The molecule has 3 aromatic carbocycles. The fourth-order valence-corrected chi connectivity index (χ4v) is 5.01. The molecule has 0 saturated carbocycles. The maximum Gasteiger partial charge on any atom is 0.326 e. The summed E-state index contributed by atoms with van der Waals surface area (Å²) in [4.78, 5) is 31.7. The summed E-state index contributed by atoms with van der Waals surface area (Å²) in [7, 11) is 0. The van der Waals surface area contributed by atoms with Crippen molar-refractivity contribution >= 4 is 17.6 Å². The minimum Gasteiger partial charge on any atom is -0.480 e. The number of amides is 1. The molecule has 8 heteroatoms. The van der Waals surface area contributed by atoms with Crippen molar-refractivity contribution in [1.29, 1.82) is 0 Å². The number of carbonyl (C=O) groups excluding carboxylic acids is 1. The highest BCUT2D eigenvalue weighted by atomic mass is 16.5. The van der Waals surface area contributed by atoms with Gasteiger partial charge in [0.15, 0.2) is 0 Å². The van der Waals surface area contributed by atoms with Crippen molar-refractivity contribution in [2.24, 2.45) is 0 Å². The minimum absolute atomic E-state index is 0.0356.